The molecule has 6 nitrogen and oxygen atoms in total. The van der Waals surface area contributed by atoms with Crippen LogP contribution in [0.3, 0.4) is 0 Å². The molecular weight excluding hydrogens is 495 g/mol. The van der Waals surface area contributed by atoms with E-state index >= 15 is 0 Å². The molecule has 1 aliphatic carbocycles. The molecule has 38 heavy (non-hydrogen) atoms. The number of alkyl halides is 3. The van der Waals surface area contributed by atoms with Crippen molar-refractivity contribution in [1.82, 2.24) is 4.90 Å². The molecule has 1 saturated heterocycles. The summed E-state index contributed by atoms with van der Waals surface area (Å²) in [5, 5.41) is 2.74. The average molecular weight is 532 g/mol. The highest BCUT2D eigenvalue weighted by Gasteiger charge is 2.37. The molecule has 1 heterocycles. The van der Waals surface area contributed by atoms with Crippen LogP contribution in [-0.4, -0.2) is 56.6 Å². The van der Waals surface area contributed by atoms with E-state index in [1.54, 1.807) is 24.9 Å². The molecule has 0 aromatic heterocycles. The van der Waals surface area contributed by atoms with E-state index < -0.39 is 29.5 Å². The molecule has 2 aromatic carbocycles. The Balaban J connectivity index is 1.60. The Bertz CT molecular complexity index is 1150. The zero-order valence-electron chi connectivity index (χ0n) is 22.4. The minimum Gasteiger partial charge on any atom is -0.379 e. The van der Waals surface area contributed by atoms with Crippen molar-refractivity contribution >= 4 is 23.2 Å². The number of hydrogen-bond acceptors (Lipinski definition) is 4. The van der Waals surface area contributed by atoms with Gasteiger partial charge in [-0.3, -0.25) is 14.5 Å². The average Bonchev–Trinajstić information content (AvgIpc) is 3.72. The first-order valence-electron chi connectivity index (χ1n) is 13.1. The third-order valence-electron chi connectivity index (χ3n) is 7.59. The van der Waals surface area contributed by atoms with E-state index in [2.05, 4.69) is 10.2 Å². The normalized spacial score (nSPS) is 18.1. The van der Waals surface area contributed by atoms with Gasteiger partial charge in [-0.15, -0.1) is 0 Å². The monoisotopic (exact) mass is 531 g/mol. The van der Waals surface area contributed by atoms with Crippen LogP contribution < -0.4 is 10.2 Å². The van der Waals surface area contributed by atoms with Gasteiger partial charge in [-0.1, -0.05) is 25.1 Å². The molecule has 2 unspecified atom stereocenters. The topological polar surface area (TPSA) is 61.9 Å². The largest absolute Gasteiger partial charge is 0.416 e. The number of nitrogens with zero attached hydrogens (tertiary/aromatic N) is 2. The van der Waals surface area contributed by atoms with Gasteiger partial charge in [0, 0.05) is 44.0 Å². The molecule has 2 atom stereocenters. The Kier molecular flexibility index (Phi) is 8.47. The SMILES string of the molecule is Cc1cccc(C)c1N(C)C(=O)C(C)C(CN1CCOCC1)C(=O)Nc1cc(C2CC2)cc(C(F)(F)F)c1. The summed E-state index contributed by atoms with van der Waals surface area (Å²) in [4.78, 5) is 31.0. The zero-order chi connectivity index (χ0) is 27.6. The minimum atomic E-state index is -4.52. The molecule has 0 spiro atoms. The van der Waals surface area contributed by atoms with Crippen molar-refractivity contribution in [3.8, 4) is 0 Å². The van der Waals surface area contributed by atoms with Crippen LogP contribution in [0.5, 0.6) is 0 Å². The van der Waals surface area contributed by atoms with Crippen molar-refractivity contribution in [1.29, 1.82) is 0 Å². The van der Waals surface area contributed by atoms with Crippen LogP contribution in [-0.2, 0) is 20.5 Å². The van der Waals surface area contributed by atoms with Crippen molar-refractivity contribution in [2.75, 3.05) is 50.1 Å². The van der Waals surface area contributed by atoms with Crippen LogP contribution in [0, 0.1) is 25.7 Å². The number of para-hydroxylation sites is 1. The molecule has 2 aromatic rings. The number of carbonyl (C=O) groups is 2. The molecule has 2 fully saturated rings. The zero-order valence-corrected chi connectivity index (χ0v) is 22.4. The van der Waals surface area contributed by atoms with Crippen molar-refractivity contribution in [2.24, 2.45) is 11.8 Å². The second kappa shape index (κ2) is 11.5. The summed E-state index contributed by atoms with van der Waals surface area (Å²) in [6, 6.07) is 9.57. The van der Waals surface area contributed by atoms with Crippen LogP contribution in [0.15, 0.2) is 36.4 Å². The molecule has 1 aliphatic heterocycles. The third-order valence-corrected chi connectivity index (χ3v) is 7.59. The number of ether oxygens (including phenoxy) is 1. The summed E-state index contributed by atoms with van der Waals surface area (Å²) in [7, 11) is 1.70. The first-order valence-corrected chi connectivity index (χ1v) is 13.1. The lowest BCUT2D eigenvalue weighted by atomic mass is 9.90. The first kappa shape index (κ1) is 28.1. The summed E-state index contributed by atoms with van der Waals surface area (Å²) < 4.78 is 46.2. The van der Waals surface area contributed by atoms with Gasteiger partial charge in [-0.25, -0.2) is 0 Å². The Labute approximate surface area is 222 Å². The van der Waals surface area contributed by atoms with Crippen molar-refractivity contribution in [3.05, 3.63) is 58.7 Å². The number of nitrogens with one attached hydrogen (secondary N) is 1. The maximum Gasteiger partial charge on any atom is 0.416 e. The molecule has 4 rings (SSSR count). The lowest BCUT2D eigenvalue weighted by molar-refractivity contribution is -0.137. The second-order valence-electron chi connectivity index (χ2n) is 10.6. The highest BCUT2D eigenvalue weighted by Crippen LogP contribution is 2.43. The Hall–Kier alpha value is -2.91. The molecule has 0 radical (unpaired) electrons. The number of aryl methyl sites for hydroxylation is 2. The summed E-state index contributed by atoms with van der Waals surface area (Å²) in [5.41, 5.74) is 2.60. The number of hydrogen-bond donors (Lipinski definition) is 1. The van der Waals surface area contributed by atoms with Crippen LogP contribution in [0.4, 0.5) is 24.5 Å². The third kappa shape index (κ3) is 6.56. The van der Waals surface area contributed by atoms with E-state index in [1.807, 2.05) is 32.0 Å². The van der Waals surface area contributed by atoms with E-state index in [-0.39, 0.29) is 17.5 Å². The molecule has 1 N–H and O–H groups in total. The molecular formula is C29H36F3N3O3. The van der Waals surface area contributed by atoms with Crippen molar-refractivity contribution < 1.29 is 27.5 Å². The smallest absolute Gasteiger partial charge is 0.379 e. The van der Waals surface area contributed by atoms with Gasteiger partial charge in [0.1, 0.15) is 0 Å². The van der Waals surface area contributed by atoms with E-state index in [0.29, 0.717) is 38.4 Å². The van der Waals surface area contributed by atoms with Crippen LogP contribution in [0.2, 0.25) is 0 Å². The highest BCUT2D eigenvalue weighted by molar-refractivity contribution is 6.01. The standard InChI is InChI=1S/C29H36F3N3O3/c1-18-6-5-7-19(2)26(18)34(4)28(37)20(3)25(17-35-10-12-38-13-11-35)27(36)33-24-15-22(21-8-9-21)14-23(16-24)29(30,31)32/h5-7,14-16,20-21,25H,8-13,17H2,1-4H3,(H,33,36). The van der Waals surface area contributed by atoms with Gasteiger partial charge in [-0.05, 0) is 67.5 Å². The fraction of sp³-hybridized carbons (Fsp3) is 0.517. The lowest BCUT2D eigenvalue weighted by Crippen LogP contribution is -2.47. The fourth-order valence-electron chi connectivity index (χ4n) is 5.23. The quantitative estimate of drug-likeness (QED) is 0.497. The number of carbonyl (C=O) groups excluding carboxylic acids is 2. The van der Waals surface area contributed by atoms with Crippen molar-refractivity contribution in [3.63, 3.8) is 0 Å². The maximum absolute atomic E-state index is 13.7. The van der Waals surface area contributed by atoms with E-state index in [9.17, 15) is 22.8 Å². The Morgan fingerprint density at radius 2 is 1.74 bits per heavy atom. The number of rotatable bonds is 8. The van der Waals surface area contributed by atoms with E-state index in [4.69, 9.17) is 4.74 Å². The van der Waals surface area contributed by atoms with Gasteiger partial charge in [0.2, 0.25) is 11.8 Å². The van der Waals surface area contributed by atoms with Gasteiger partial charge in [-0.2, -0.15) is 13.2 Å². The molecule has 1 saturated carbocycles. The molecule has 206 valence electrons. The summed E-state index contributed by atoms with van der Waals surface area (Å²) in [6.45, 7) is 8.17. The lowest BCUT2D eigenvalue weighted by Gasteiger charge is -2.33. The fourth-order valence-corrected chi connectivity index (χ4v) is 5.23. The van der Waals surface area contributed by atoms with Crippen LogP contribution >= 0.6 is 0 Å². The van der Waals surface area contributed by atoms with Gasteiger partial charge >= 0.3 is 6.18 Å². The minimum absolute atomic E-state index is 0.0867. The number of anilines is 2. The Morgan fingerprint density at radius 3 is 2.32 bits per heavy atom. The van der Waals surface area contributed by atoms with E-state index in [1.165, 1.54) is 6.07 Å². The summed E-state index contributed by atoms with van der Waals surface area (Å²) >= 11 is 0. The number of morpholine rings is 1. The van der Waals surface area contributed by atoms with Crippen LogP contribution in [0.1, 0.15) is 47.9 Å². The van der Waals surface area contributed by atoms with Gasteiger partial charge < -0.3 is 15.0 Å². The number of amides is 2. The molecule has 2 aliphatic rings. The first-order chi connectivity index (χ1) is 18.0. The molecule has 9 heteroatoms. The number of halogens is 3. The highest BCUT2D eigenvalue weighted by atomic mass is 19.4. The molecule has 2 amide bonds. The summed E-state index contributed by atoms with van der Waals surface area (Å²) in [6.07, 6.45) is -2.84. The summed E-state index contributed by atoms with van der Waals surface area (Å²) in [5.74, 6) is -2.09. The maximum atomic E-state index is 13.7. The van der Waals surface area contributed by atoms with E-state index in [0.717, 1.165) is 35.7 Å². The van der Waals surface area contributed by atoms with Crippen LogP contribution in [0.25, 0.3) is 0 Å². The van der Waals surface area contributed by atoms with Gasteiger partial charge in [0.15, 0.2) is 0 Å². The predicted octanol–water partition coefficient (Wildman–Crippen LogP) is 5.39. The van der Waals surface area contributed by atoms with Crippen molar-refractivity contribution in [2.45, 2.75) is 45.7 Å². The Morgan fingerprint density at radius 1 is 1.11 bits per heavy atom. The number of benzene rings is 2. The second-order valence-corrected chi connectivity index (χ2v) is 10.6. The predicted molar refractivity (Wildman–Crippen MR) is 141 cm³/mol. The van der Waals surface area contributed by atoms with Gasteiger partial charge in [0.25, 0.3) is 0 Å². The van der Waals surface area contributed by atoms with Gasteiger partial charge in [0.05, 0.1) is 24.7 Å². The molecule has 0 bridgehead atoms.